The van der Waals surface area contributed by atoms with Crippen LogP contribution in [0.3, 0.4) is 0 Å². The van der Waals surface area contributed by atoms with Gasteiger partial charge in [-0.25, -0.2) is 4.98 Å². The molecule has 0 spiro atoms. The van der Waals surface area contributed by atoms with E-state index in [0.717, 1.165) is 0 Å². The minimum atomic E-state index is 1.75. The maximum Gasteiger partial charge on any atom is 0.106 e. The summed E-state index contributed by atoms with van der Waals surface area (Å²) in [5, 5.41) is 0. The molecule has 0 aliphatic heterocycles. The number of aromatic nitrogens is 2. The maximum atomic E-state index is 8.00. The van der Waals surface area contributed by atoms with Crippen molar-refractivity contribution in [2.75, 3.05) is 0 Å². The van der Waals surface area contributed by atoms with E-state index in [0.29, 0.717) is 0 Å². The van der Waals surface area contributed by atoms with Crippen LogP contribution >= 0.6 is 0 Å². The van der Waals surface area contributed by atoms with Gasteiger partial charge in [-0.05, 0) is 0 Å². The van der Waals surface area contributed by atoms with Crippen LogP contribution in [-0.4, -0.2) is 16.3 Å². The highest BCUT2D eigenvalue weighted by atomic mass is 16.1. The molecule has 0 aliphatic carbocycles. The predicted octanol–water partition coefficient (Wildman–Crippen LogP) is 0.235. The minimum absolute atomic E-state index is 1.75. The Balaban J connectivity index is 0.000000222. The van der Waals surface area contributed by atoms with E-state index in [1.54, 1.807) is 12.5 Å². The van der Waals surface area contributed by atoms with Gasteiger partial charge in [0.15, 0.2) is 0 Å². The fourth-order valence-corrected chi connectivity index (χ4v) is 0.326. The van der Waals surface area contributed by atoms with Crippen molar-refractivity contribution in [2.24, 2.45) is 7.05 Å². The number of aryl methyl sites for hydroxylation is 1. The van der Waals surface area contributed by atoms with E-state index in [-0.39, 0.29) is 0 Å². The number of carbonyl (C=O) groups is 1. The molecule has 0 radical (unpaired) electrons. The molecule has 0 fully saturated rings. The number of hydrogen-bond donors (Lipinski definition) is 0. The van der Waals surface area contributed by atoms with Crippen LogP contribution in [0.4, 0.5) is 0 Å². The van der Waals surface area contributed by atoms with Gasteiger partial charge in [-0.2, -0.15) is 0 Å². The van der Waals surface area contributed by atoms with Gasteiger partial charge in [0.1, 0.15) is 6.79 Å². The predicted molar refractivity (Wildman–Crippen MR) is 30.3 cm³/mol. The number of carbonyl (C=O) groups excluding carboxylic acids is 1. The van der Waals surface area contributed by atoms with E-state index in [9.17, 15) is 0 Å². The van der Waals surface area contributed by atoms with Crippen molar-refractivity contribution in [1.29, 1.82) is 0 Å². The highest BCUT2D eigenvalue weighted by molar-refractivity contribution is 5.10. The lowest BCUT2D eigenvalue weighted by molar-refractivity contribution is -0.0979. The van der Waals surface area contributed by atoms with E-state index < -0.39 is 0 Å². The Morgan fingerprint density at radius 2 is 2.25 bits per heavy atom. The quantitative estimate of drug-likeness (QED) is 0.481. The lowest BCUT2D eigenvalue weighted by Crippen LogP contribution is -1.76. The summed E-state index contributed by atoms with van der Waals surface area (Å²) in [4.78, 5) is 11.8. The normalized spacial score (nSPS) is 7.12. The molecule has 44 valence electrons. The Morgan fingerprint density at radius 1 is 1.62 bits per heavy atom. The molecule has 0 unspecified atom stereocenters. The van der Waals surface area contributed by atoms with Gasteiger partial charge >= 0.3 is 0 Å². The van der Waals surface area contributed by atoms with Gasteiger partial charge in [0, 0.05) is 19.4 Å². The smallest absolute Gasteiger partial charge is 0.106 e. The number of rotatable bonds is 0. The standard InChI is InChI=1S/C4H6N2.CH2O/c1-6-3-2-5-4-6;1-2/h2-4H,1H3;1H2. The van der Waals surface area contributed by atoms with Crippen LogP contribution in [0.5, 0.6) is 0 Å². The van der Waals surface area contributed by atoms with Crippen LogP contribution in [0.1, 0.15) is 0 Å². The number of hydrogen-bond acceptors (Lipinski definition) is 2. The van der Waals surface area contributed by atoms with Crippen molar-refractivity contribution < 1.29 is 4.79 Å². The van der Waals surface area contributed by atoms with Crippen LogP contribution in [0, 0.1) is 0 Å². The Morgan fingerprint density at radius 3 is 2.38 bits per heavy atom. The summed E-state index contributed by atoms with van der Waals surface area (Å²) >= 11 is 0. The fourth-order valence-electron chi connectivity index (χ4n) is 0.326. The molecule has 0 saturated heterocycles. The molecule has 0 aliphatic rings. The molecule has 0 saturated carbocycles. The summed E-state index contributed by atoms with van der Waals surface area (Å²) in [6.45, 7) is 2.00. The zero-order chi connectivity index (χ0) is 6.41. The largest absolute Gasteiger partial charge is 0.341 e. The third kappa shape index (κ3) is 2.12. The van der Waals surface area contributed by atoms with E-state index >= 15 is 0 Å². The zero-order valence-corrected chi connectivity index (χ0v) is 4.74. The molecule has 1 rings (SSSR count). The van der Waals surface area contributed by atoms with Crippen molar-refractivity contribution in [3.8, 4) is 0 Å². The van der Waals surface area contributed by atoms with Crippen molar-refractivity contribution in [1.82, 2.24) is 9.55 Å². The molecule has 1 aromatic heterocycles. The van der Waals surface area contributed by atoms with Gasteiger partial charge in [0.05, 0.1) is 6.33 Å². The van der Waals surface area contributed by atoms with Gasteiger partial charge in [0.2, 0.25) is 0 Å². The first kappa shape index (κ1) is 6.88. The summed E-state index contributed by atoms with van der Waals surface area (Å²) in [5.74, 6) is 0. The molecule has 3 nitrogen and oxygen atoms in total. The molecule has 3 heteroatoms. The Hall–Kier alpha value is -1.12. The maximum absolute atomic E-state index is 8.00. The minimum Gasteiger partial charge on any atom is -0.341 e. The summed E-state index contributed by atoms with van der Waals surface area (Å²) in [6, 6.07) is 0. The SMILES string of the molecule is C=O.Cn1ccnc1. The van der Waals surface area contributed by atoms with Gasteiger partial charge in [0.25, 0.3) is 0 Å². The molecule has 0 amide bonds. The molecule has 0 aromatic carbocycles. The Kier molecular flexibility index (Phi) is 3.48. The fraction of sp³-hybridized carbons (Fsp3) is 0.200. The van der Waals surface area contributed by atoms with Crippen LogP contribution in [0.25, 0.3) is 0 Å². The third-order valence-corrected chi connectivity index (χ3v) is 0.637. The van der Waals surface area contributed by atoms with Crippen molar-refractivity contribution in [2.45, 2.75) is 0 Å². The highest BCUT2D eigenvalue weighted by Crippen LogP contribution is 1.73. The van der Waals surface area contributed by atoms with Crippen molar-refractivity contribution >= 4 is 6.79 Å². The second-order valence-electron chi connectivity index (χ2n) is 1.23. The van der Waals surface area contributed by atoms with Gasteiger partial charge in [-0.1, -0.05) is 0 Å². The summed E-state index contributed by atoms with van der Waals surface area (Å²) in [7, 11) is 1.94. The molecule has 0 N–H and O–H groups in total. The van der Waals surface area contributed by atoms with E-state index in [2.05, 4.69) is 4.98 Å². The number of imidazole rings is 1. The van der Waals surface area contributed by atoms with Crippen molar-refractivity contribution in [3.63, 3.8) is 0 Å². The first-order valence-corrected chi connectivity index (χ1v) is 2.10. The van der Waals surface area contributed by atoms with Crippen molar-refractivity contribution in [3.05, 3.63) is 18.7 Å². The van der Waals surface area contributed by atoms with Crippen LogP contribution in [0.15, 0.2) is 18.7 Å². The third-order valence-electron chi connectivity index (χ3n) is 0.637. The lowest BCUT2D eigenvalue weighted by Gasteiger charge is -1.76. The molecule has 0 atom stereocenters. The number of nitrogens with zero attached hydrogens (tertiary/aromatic N) is 2. The van der Waals surface area contributed by atoms with Gasteiger partial charge in [-0.15, -0.1) is 0 Å². The monoisotopic (exact) mass is 112 g/mol. The average Bonchev–Trinajstić information content (AvgIpc) is 2.24. The molecule has 0 bridgehead atoms. The summed E-state index contributed by atoms with van der Waals surface area (Å²) in [6.07, 6.45) is 5.39. The Labute approximate surface area is 48.0 Å². The topological polar surface area (TPSA) is 34.9 Å². The second kappa shape index (κ2) is 4.05. The molecular weight excluding hydrogens is 104 g/mol. The van der Waals surface area contributed by atoms with Gasteiger partial charge in [-0.3, -0.25) is 0 Å². The molecule has 1 heterocycles. The average molecular weight is 112 g/mol. The summed E-state index contributed by atoms with van der Waals surface area (Å²) in [5.41, 5.74) is 0. The first-order chi connectivity index (χ1) is 3.89. The van der Waals surface area contributed by atoms with E-state index in [4.69, 9.17) is 4.79 Å². The van der Waals surface area contributed by atoms with Crippen LogP contribution in [-0.2, 0) is 11.8 Å². The van der Waals surface area contributed by atoms with Crippen LogP contribution < -0.4 is 0 Å². The summed E-state index contributed by atoms with van der Waals surface area (Å²) < 4.78 is 1.89. The first-order valence-electron chi connectivity index (χ1n) is 2.10. The molecule has 1 aromatic rings. The zero-order valence-electron chi connectivity index (χ0n) is 4.74. The molecular formula is C5H8N2O. The second-order valence-corrected chi connectivity index (χ2v) is 1.23. The lowest BCUT2D eigenvalue weighted by atomic mass is 10.9. The van der Waals surface area contributed by atoms with E-state index in [1.165, 1.54) is 0 Å². The van der Waals surface area contributed by atoms with Crippen LogP contribution in [0.2, 0.25) is 0 Å². The Bertz CT molecular complexity index is 125. The van der Waals surface area contributed by atoms with Gasteiger partial charge < -0.3 is 9.36 Å². The van der Waals surface area contributed by atoms with E-state index in [1.807, 2.05) is 24.6 Å². The molecule has 8 heavy (non-hydrogen) atoms. The highest BCUT2D eigenvalue weighted by Gasteiger charge is 1.69.